The summed E-state index contributed by atoms with van der Waals surface area (Å²) < 4.78 is 28.6. The molecule has 0 aromatic heterocycles. The van der Waals surface area contributed by atoms with Gasteiger partial charge in [0, 0.05) is 6.04 Å². The minimum absolute atomic E-state index is 0.193. The lowest BCUT2D eigenvalue weighted by molar-refractivity contribution is 0.402. The van der Waals surface area contributed by atoms with E-state index < -0.39 is 9.84 Å². The number of methoxy groups -OCH3 is 1. The molecule has 21 heavy (non-hydrogen) atoms. The van der Waals surface area contributed by atoms with E-state index in [2.05, 4.69) is 18.3 Å². The van der Waals surface area contributed by atoms with Crippen LogP contribution in [0.25, 0.3) is 0 Å². The molecule has 2 atom stereocenters. The highest BCUT2D eigenvalue weighted by molar-refractivity contribution is 7.91. The number of hydrogen-bond acceptors (Lipinski definition) is 4. The number of hydrogen-bond donors (Lipinski definition) is 1. The normalized spacial score (nSPS) is 22.1. The Bertz CT molecular complexity index is 556. The molecule has 0 amide bonds. The standard InChI is InChI=1S/C16H25NO3S/c1-3-8-17-16(10-13-7-9-21(18,19)12-13)14-5-4-6-15(11-14)20-2/h4-6,11,13,16-17H,3,7-10,12H2,1-2H3. The van der Waals surface area contributed by atoms with Crippen molar-refractivity contribution < 1.29 is 13.2 Å². The molecule has 0 radical (unpaired) electrons. The second-order valence-electron chi connectivity index (χ2n) is 5.79. The third-order valence-corrected chi connectivity index (χ3v) is 5.87. The molecule has 0 aliphatic carbocycles. The number of ether oxygens (including phenoxy) is 1. The molecule has 1 N–H and O–H groups in total. The fourth-order valence-corrected chi connectivity index (χ4v) is 4.79. The van der Waals surface area contributed by atoms with Crippen molar-refractivity contribution in [3.8, 4) is 5.75 Å². The van der Waals surface area contributed by atoms with E-state index in [9.17, 15) is 8.42 Å². The van der Waals surface area contributed by atoms with Crippen LogP contribution in [0, 0.1) is 5.92 Å². The van der Waals surface area contributed by atoms with Gasteiger partial charge in [-0.2, -0.15) is 0 Å². The molecule has 1 aliphatic heterocycles. The van der Waals surface area contributed by atoms with Crippen molar-refractivity contribution in [1.82, 2.24) is 5.32 Å². The van der Waals surface area contributed by atoms with Gasteiger partial charge in [0.2, 0.25) is 0 Å². The Balaban J connectivity index is 2.10. The fourth-order valence-electron chi connectivity index (χ4n) is 2.91. The minimum Gasteiger partial charge on any atom is -0.497 e. The summed E-state index contributed by atoms with van der Waals surface area (Å²) in [6, 6.07) is 8.23. The SMILES string of the molecule is CCCNC(CC1CCS(=O)(=O)C1)c1cccc(OC)c1. The van der Waals surface area contributed by atoms with E-state index in [0.717, 1.165) is 31.6 Å². The lowest BCUT2D eigenvalue weighted by atomic mass is 9.94. The molecule has 1 saturated heterocycles. The predicted molar refractivity (Wildman–Crippen MR) is 85.4 cm³/mol. The first kappa shape index (κ1) is 16.3. The molecule has 0 spiro atoms. The van der Waals surface area contributed by atoms with Crippen molar-refractivity contribution in [2.75, 3.05) is 25.2 Å². The van der Waals surface area contributed by atoms with Crippen LogP contribution >= 0.6 is 0 Å². The van der Waals surface area contributed by atoms with Crippen molar-refractivity contribution in [1.29, 1.82) is 0 Å². The highest BCUT2D eigenvalue weighted by Crippen LogP contribution is 2.30. The maximum Gasteiger partial charge on any atom is 0.150 e. The van der Waals surface area contributed by atoms with E-state index in [0.29, 0.717) is 11.5 Å². The highest BCUT2D eigenvalue weighted by Gasteiger charge is 2.30. The molecule has 1 heterocycles. The Labute approximate surface area is 127 Å². The molecule has 2 unspecified atom stereocenters. The van der Waals surface area contributed by atoms with Gasteiger partial charge in [0.1, 0.15) is 5.75 Å². The second-order valence-corrected chi connectivity index (χ2v) is 8.02. The smallest absolute Gasteiger partial charge is 0.150 e. The van der Waals surface area contributed by atoms with Crippen LogP contribution in [0.3, 0.4) is 0 Å². The summed E-state index contributed by atoms with van der Waals surface area (Å²) in [7, 11) is -1.15. The lowest BCUT2D eigenvalue weighted by Gasteiger charge is -2.22. The number of nitrogens with one attached hydrogen (secondary N) is 1. The van der Waals surface area contributed by atoms with Gasteiger partial charge in [0.15, 0.2) is 9.84 Å². The van der Waals surface area contributed by atoms with Gasteiger partial charge in [-0.3, -0.25) is 0 Å². The maximum atomic E-state index is 11.6. The molecule has 5 heteroatoms. The van der Waals surface area contributed by atoms with Crippen molar-refractivity contribution in [2.24, 2.45) is 5.92 Å². The Morgan fingerprint density at radius 2 is 2.24 bits per heavy atom. The summed E-state index contributed by atoms with van der Waals surface area (Å²) in [5.74, 6) is 1.78. The van der Waals surface area contributed by atoms with Gasteiger partial charge in [0.05, 0.1) is 18.6 Å². The quantitative estimate of drug-likeness (QED) is 0.841. The summed E-state index contributed by atoms with van der Waals surface area (Å²) in [5.41, 5.74) is 1.17. The van der Waals surface area contributed by atoms with Gasteiger partial charge in [-0.15, -0.1) is 0 Å². The second kappa shape index (κ2) is 7.27. The van der Waals surface area contributed by atoms with Crippen LogP contribution in [0.4, 0.5) is 0 Å². The van der Waals surface area contributed by atoms with Gasteiger partial charge < -0.3 is 10.1 Å². The van der Waals surface area contributed by atoms with Crippen molar-refractivity contribution >= 4 is 9.84 Å². The zero-order valence-corrected chi connectivity index (χ0v) is 13.7. The van der Waals surface area contributed by atoms with Gasteiger partial charge >= 0.3 is 0 Å². The van der Waals surface area contributed by atoms with Crippen LogP contribution in [0.5, 0.6) is 5.75 Å². The number of benzene rings is 1. The van der Waals surface area contributed by atoms with Crippen molar-refractivity contribution in [3.63, 3.8) is 0 Å². The average Bonchev–Trinajstić information content (AvgIpc) is 2.82. The highest BCUT2D eigenvalue weighted by atomic mass is 32.2. The molecule has 0 bridgehead atoms. The summed E-state index contributed by atoms with van der Waals surface area (Å²) in [6.45, 7) is 3.07. The van der Waals surface area contributed by atoms with Crippen molar-refractivity contribution in [3.05, 3.63) is 29.8 Å². The molecular weight excluding hydrogens is 286 g/mol. The van der Waals surface area contributed by atoms with E-state index in [4.69, 9.17) is 4.74 Å². The van der Waals surface area contributed by atoms with Crippen molar-refractivity contribution in [2.45, 2.75) is 32.2 Å². The van der Waals surface area contributed by atoms with Gasteiger partial charge in [-0.05, 0) is 49.4 Å². The molecule has 1 aliphatic rings. The molecule has 4 nitrogen and oxygen atoms in total. The van der Waals surface area contributed by atoms with Crippen LogP contribution in [-0.4, -0.2) is 33.6 Å². The molecule has 2 rings (SSSR count). The molecule has 1 fully saturated rings. The van der Waals surface area contributed by atoms with Gasteiger partial charge in [-0.1, -0.05) is 19.1 Å². The first-order chi connectivity index (χ1) is 10.0. The molecule has 0 saturated carbocycles. The Kier molecular flexibility index (Phi) is 5.65. The molecule has 118 valence electrons. The average molecular weight is 311 g/mol. The Hall–Kier alpha value is -1.07. The predicted octanol–water partition coefficient (Wildman–Crippen LogP) is 2.56. The van der Waals surface area contributed by atoms with Crippen LogP contribution in [0.15, 0.2) is 24.3 Å². The minimum atomic E-state index is -2.81. The summed E-state index contributed by atoms with van der Waals surface area (Å²) in [6.07, 6.45) is 2.71. The van der Waals surface area contributed by atoms with Crippen LogP contribution in [0.1, 0.15) is 37.8 Å². The third-order valence-electron chi connectivity index (χ3n) is 4.03. The largest absolute Gasteiger partial charge is 0.497 e. The maximum absolute atomic E-state index is 11.6. The molecule has 1 aromatic rings. The van der Waals surface area contributed by atoms with E-state index in [-0.39, 0.29) is 12.0 Å². The van der Waals surface area contributed by atoms with Gasteiger partial charge in [0.25, 0.3) is 0 Å². The number of sulfone groups is 1. The van der Waals surface area contributed by atoms with E-state index in [1.807, 2.05) is 18.2 Å². The Morgan fingerprint density at radius 1 is 1.43 bits per heavy atom. The topological polar surface area (TPSA) is 55.4 Å². The summed E-state index contributed by atoms with van der Waals surface area (Å²) in [5, 5.41) is 3.54. The first-order valence-electron chi connectivity index (χ1n) is 7.62. The van der Waals surface area contributed by atoms with E-state index in [1.165, 1.54) is 5.56 Å². The zero-order chi connectivity index (χ0) is 15.3. The number of rotatable bonds is 7. The Morgan fingerprint density at radius 3 is 2.86 bits per heavy atom. The lowest BCUT2D eigenvalue weighted by Crippen LogP contribution is -2.25. The zero-order valence-electron chi connectivity index (χ0n) is 12.8. The molecular formula is C16H25NO3S. The van der Waals surface area contributed by atoms with E-state index >= 15 is 0 Å². The monoisotopic (exact) mass is 311 g/mol. The summed E-state index contributed by atoms with van der Waals surface area (Å²) in [4.78, 5) is 0. The van der Waals surface area contributed by atoms with Crippen LogP contribution in [-0.2, 0) is 9.84 Å². The fraction of sp³-hybridized carbons (Fsp3) is 0.625. The van der Waals surface area contributed by atoms with Crippen LogP contribution in [0.2, 0.25) is 0 Å². The molecule has 1 aromatic carbocycles. The first-order valence-corrected chi connectivity index (χ1v) is 9.44. The third kappa shape index (κ3) is 4.71. The van der Waals surface area contributed by atoms with E-state index in [1.54, 1.807) is 7.11 Å². The van der Waals surface area contributed by atoms with Gasteiger partial charge in [-0.25, -0.2) is 8.42 Å². The summed E-state index contributed by atoms with van der Waals surface area (Å²) >= 11 is 0. The van der Waals surface area contributed by atoms with Crippen LogP contribution < -0.4 is 10.1 Å².